The summed E-state index contributed by atoms with van der Waals surface area (Å²) >= 11 is 7.41. The second kappa shape index (κ2) is 6.18. The largest absolute Gasteiger partial charge is 0.385 e. The lowest BCUT2D eigenvalue weighted by molar-refractivity contribution is 0.200. The van der Waals surface area contributed by atoms with Crippen LogP contribution in [0.3, 0.4) is 0 Å². The highest BCUT2D eigenvalue weighted by Gasteiger charge is 2.01. The SMILES string of the molecule is COCCCSc1nccnc1Cl. The molecule has 5 heteroatoms. The Morgan fingerprint density at radius 3 is 2.92 bits per heavy atom. The second-order valence-electron chi connectivity index (χ2n) is 2.35. The topological polar surface area (TPSA) is 35.0 Å². The first-order valence-electron chi connectivity index (χ1n) is 3.93. The molecule has 0 unspecified atom stereocenters. The van der Waals surface area contributed by atoms with E-state index < -0.39 is 0 Å². The van der Waals surface area contributed by atoms with E-state index >= 15 is 0 Å². The van der Waals surface area contributed by atoms with Gasteiger partial charge in [-0.1, -0.05) is 11.6 Å². The second-order valence-corrected chi connectivity index (χ2v) is 3.79. The maximum Gasteiger partial charge on any atom is 0.161 e. The van der Waals surface area contributed by atoms with Crippen LogP contribution < -0.4 is 0 Å². The predicted molar refractivity (Wildman–Crippen MR) is 54.3 cm³/mol. The molecule has 0 atom stereocenters. The van der Waals surface area contributed by atoms with E-state index in [0.717, 1.165) is 23.8 Å². The monoisotopic (exact) mass is 218 g/mol. The Labute approximate surface area is 86.9 Å². The maximum absolute atomic E-state index is 5.81. The average Bonchev–Trinajstić information content (AvgIpc) is 2.15. The lowest BCUT2D eigenvalue weighted by atomic mass is 10.5. The molecule has 0 aliphatic heterocycles. The molecule has 0 aliphatic rings. The van der Waals surface area contributed by atoms with Gasteiger partial charge >= 0.3 is 0 Å². The maximum atomic E-state index is 5.81. The summed E-state index contributed by atoms with van der Waals surface area (Å²) in [6, 6.07) is 0. The van der Waals surface area contributed by atoms with Crippen LogP contribution in [0.15, 0.2) is 17.4 Å². The van der Waals surface area contributed by atoms with Crippen molar-refractivity contribution in [1.82, 2.24) is 9.97 Å². The molecular formula is C8H11ClN2OS. The van der Waals surface area contributed by atoms with E-state index in [1.807, 2.05) is 0 Å². The van der Waals surface area contributed by atoms with Crippen molar-refractivity contribution in [3.63, 3.8) is 0 Å². The molecule has 0 radical (unpaired) electrons. The molecule has 0 N–H and O–H groups in total. The van der Waals surface area contributed by atoms with E-state index in [4.69, 9.17) is 16.3 Å². The normalized spacial score (nSPS) is 10.3. The van der Waals surface area contributed by atoms with Gasteiger partial charge in [-0.3, -0.25) is 0 Å². The molecule has 13 heavy (non-hydrogen) atoms. The molecule has 0 saturated heterocycles. The fourth-order valence-electron chi connectivity index (χ4n) is 0.777. The minimum Gasteiger partial charge on any atom is -0.385 e. The summed E-state index contributed by atoms with van der Waals surface area (Å²) < 4.78 is 4.93. The third kappa shape index (κ3) is 3.93. The van der Waals surface area contributed by atoms with Crippen LogP contribution in [0.5, 0.6) is 0 Å². The lowest BCUT2D eigenvalue weighted by Gasteiger charge is -2.00. The van der Waals surface area contributed by atoms with E-state index in [9.17, 15) is 0 Å². The van der Waals surface area contributed by atoms with Gasteiger partial charge in [0.25, 0.3) is 0 Å². The van der Waals surface area contributed by atoms with Crippen molar-refractivity contribution in [1.29, 1.82) is 0 Å². The molecule has 1 heterocycles. The van der Waals surface area contributed by atoms with Crippen molar-refractivity contribution in [3.05, 3.63) is 17.5 Å². The molecule has 0 aliphatic carbocycles. The Hall–Kier alpha value is -0.320. The van der Waals surface area contributed by atoms with Crippen LogP contribution in [0.4, 0.5) is 0 Å². The number of ether oxygens (including phenoxy) is 1. The molecule has 3 nitrogen and oxygen atoms in total. The van der Waals surface area contributed by atoms with E-state index in [1.165, 1.54) is 0 Å². The molecule has 0 bridgehead atoms. The quantitative estimate of drug-likeness (QED) is 0.561. The highest BCUT2D eigenvalue weighted by atomic mass is 35.5. The minimum atomic E-state index is 0.477. The van der Waals surface area contributed by atoms with Gasteiger partial charge in [0.1, 0.15) is 5.03 Å². The molecule has 0 spiro atoms. The number of hydrogen-bond acceptors (Lipinski definition) is 4. The first kappa shape index (κ1) is 10.8. The minimum absolute atomic E-state index is 0.477. The molecule has 0 amide bonds. The van der Waals surface area contributed by atoms with Crippen LogP contribution in [0.2, 0.25) is 5.15 Å². The average molecular weight is 219 g/mol. The van der Waals surface area contributed by atoms with Crippen molar-refractivity contribution < 1.29 is 4.74 Å². The Bertz CT molecular complexity index is 260. The Morgan fingerprint density at radius 2 is 2.23 bits per heavy atom. The molecule has 1 aromatic rings. The first-order valence-corrected chi connectivity index (χ1v) is 5.29. The molecule has 0 aromatic carbocycles. The van der Waals surface area contributed by atoms with Gasteiger partial charge in [-0.15, -0.1) is 11.8 Å². The van der Waals surface area contributed by atoms with E-state index in [2.05, 4.69) is 9.97 Å². The predicted octanol–water partition coefficient (Wildman–Crippen LogP) is 2.26. The van der Waals surface area contributed by atoms with Gasteiger partial charge in [-0.2, -0.15) is 0 Å². The number of rotatable bonds is 5. The molecule has 72 valence electrons. The number of hydrogen-bond donors (Lipinski definition) is 0. The lowest BCUT2D eigenvalue weighted by Crippen LogP contribution is -1.91. The van der Waals surface area contributed by atoms with E-state index in [0.29, 0.717) is 5.15 Å². The summed E-state index contributed by atoms with van der Waals surface area (Å²) in [6.07, 6.45) is 4.22. The van der Waals surface area contributed by atoms with Gasteiger partial charge in [0.15, 0.2) is 5.15 Å². The summed E-state index contributed by atoms with van der Waals surface area (Å²) in [5.74, 6) is 0.951. The van der Waals surface area contributed by atoms with Crippen LogP contribution in [0, 0.1) is 0 Å². The molecule has 0 saturated carbocycles. The fraction of sp³-hybridized carbons (Fsp3) is 0.500. The first-order chi connectivity index (χ1) is 6.34. The van der Waals surface area contributed by atoms with Crippen molar-refractivity contribution in [2.75, 3.05) is 19.5 Å². The fourth-order valence-corrected chi connectivity index (χ4v) is 1.81. The Kier molecular flexibility index (Phi) is 5.12. The molecule has 0 fully saturated rings. The van der Waals surface area contributed by atoms with Crippen LogP contribution in [-0.4, -0.2) is 29.4 Å². The van der Waals surface area contributed by atoms with Crippen molar-refractivity contribution in [3.8, 4) is 0 Å². The number of halogens is 1. The van der Waals surface area contributed by atoms with Crippen molar-refractivity contribution in [2.45, 2.75) is 11.4 Å². The molecule has 1 rings (SSSR count). The smallest absolute Gasteiger partial charge is 0.161 e. The number of aromatic nitrogens is 2. The van der Waals surface area contributed by atoms with Gasteiger partial charge in [-0.25, -0.2) is 9.97 Å². The summed E-state index contributed by atoms with van der Waals surface area (Å²) in [7, 11) is 1.69. The van der Waals surface area contributed by atoms with Gasteiger partial charge in [0, 0.05) is 31.9 Å². The molecule has 1 aromatic heterocycles. The van der Waals surface area contributed by atoms with Crippen LogP contribution in [0.1, 0.15) is 6.42 Å². The summed E-state index contributed by atoms with van der Waals surface area (Å²) in [4.78, 5) is 8.03. The van der Waals surface area contributed by atoms with Crippen LogP contribution in [-0.2, 0) is 4.74 Å². The van der Waals surface area contributed by atoms with Crippen molar-refractivity contribution >= 4 is 23.4 Å². The Morgan fingerprint density at radius 1 is 1.46 bits per heavy atom. The van der Waals surface area contributed by atoms with Crippen LogP contribution in [0.25, 0.3) is 0 Å². The zero-order valence-corrected chi connectivity index (χ0v) is 8.94. The van der Waals surface area contributed by atoms with Crippen LogP contribution >= 0.6 is 23.4 Å². The van der Waals surface area contributed by atoms with E-state index in [-0.39, 0.29) is 0 Å². The highest BCUT2D eigenvalue weighted by Crippen LogP contribution is 2.22. The van der Waals surface area contributed by atoms with Gasteiger partial charge in [0.2, 0.25) is 0 Å². The zero-order valence-electron chi connectivity index (χ0n) is 7.36. The molecular weight excluding hydrogens is 208 g/mol. The number of thioether (sulfide) groups is 1. The third-order valence-electron chi connectivity index (χ3n) is 1.35. The number of nitrogens with zero attached hydrogens (tertiary/aromatic N) is 2. The highest BCUT2D eigenvalue weighted by molar-refractivity contribution is 7.99. The Balaban J connectivity index is 2.32. The zero-order chi connectivity index (χ0) is 9.52. The van der Waals surface area contributed by atoms with Gasteiger partial charge < -0.3 is 4.74 Å². The summed E-state index contributed by atoms with van der Waals surface area (Å²) in [5, 5.41) is 1.27. The standard InChI is InChI=1S/C8H11ClN2OS/c1-12-5-2-6-13-8-7(9)10-3-4-11-8/h3-4H,2,5-6H2,1H3. The van der Waals surface area contributed by atoms with Gasteiger partial charge in [-0.05, 0) is 6.42 Å². The summed E-state index contributed by atoms with van der Waals surface area (Å²) in [5.41, 5.74) is 0. The van der Waals surface area contributed by atoms with Crippen molar-refractivity contribution in [2.24, 2.45) is 0 Å². The third-order valence-corrected chi connectivity index (χ3v) is 2.81. The number of methoxy groups -OCH3 is 1. The van der Waals surface area contributed by atoms with E-state index in [1.54, 1.807) is 31.3 Å². The van der Waals surface area contributed by atoms with Gasteiger partial charge in [0.05, 0.1) is 0 Å². The summed E-state index contributed by atoms with van der Waals surface area (Å²) in [6.45, 7) is 0.769.